The lowest BCUT2D eigenvalue weighted by Gasteiger charge is -2.42. The summed E-state index contributed by atoms with van der Waals surface area (Å²) in [6.45, 7) is 5.40. The number of aryl methyl sites for hydroxylation is 2. The molecule has 1 N–H and O–H groups in total. The third-order valence-corrected chi connectivity index (χ3v) is 5.48. The second kappa shape index (κ2) is 8.47. The summed E-state index contributed by atoms with van der Waals surface area (Å²) in [5, 5.41) is 14.4. The molecule has 1 fully saturated rings. The third-order valence-electron chi connectivity index (χ3n) is 5.08. The first kappa shape index (κ1) is 20.1. The molecular formula is C18H27ClN2O4. The van der Waals surface area contributed by atoms with Gasteiger partial charge < -0.3 is 14.8 Å². The van der Waals surface area contributed by atoms with E-state index in [-0.39, 0.29) is 0 Å². The highest BCUT2D eigenvalue weighted by Crippen LogP contribution is 2.30. The molecule has 6 nitrogen and oxygen atoms in total. The molecule has 140 valence electrons. The minimum Gasteiger partial charge on any atom is -0.468 e. The fraction of sp³-hybridized carbons (Fsp3) is 0.611. The van der Waals surface area contributed by atoms with Crippen LogP contribution in [0.1, 0.15) is 29.5 Å². The third kappa shape index (κ3) is 4.33. The van der Waals surface area contributed by atoms with Gasteiger partial charge in [-0.2, -0.15) is 10.1 Å². The van der Waals surface area contributed by atoms with Crippen molar-refractivity contribution in [2.45, 2.75) is 38.6 Å². The SMILES string of the molecule is COC(=O)C1(N(O)CCc2cc(C)c(Cl)cc2C)CCN(OC)CC1. The van der Waals surface area contributed by atoms with E-state index in [0.29, 0.717) is 38.9 Å². The van der Waals surface area contributed by atoms with E-state index in [4.69, 9.17) is 21.2 Å². The van der Waals surface area contributed by atoms with Crippen molar-refractivity contribution in [3.8, 4) is 0 Å². The van der Waals surface area contributed by atoms with Gasteiger partial charge in [-0.05, 0) is 55.9 Å². The number of hydroxylamine groups is 4. The van der Waals surface area contributed by atoms with Gasteiger partial charge >= 0.3 is 5.97 Å². The van der Waals surface area contributed by atoms with Crippen LogP contribution in [0.25, 0.3) is 0 Å². The average molecular weight is 371 g/mol. The normalized spacial score (nSPS) is 17.7. The Labute approximate surface area is 154 Å². The van der Waals surface area contributed by atoms with Gasteiger partial charge in [0, 0.05) is 24.7 Å². The molecule has 0 saturated carbocycles. The summed E-state index contributed by atoms with van der Waals surface area (Å²) in [5.74, 6) is -0.408. The maximum Gasteiger partial charge on any atom is 0.328 e. The quantitative estimate of drug-likeness (QED) is 0.613. The number of benzene rings is 1. The van der Waals surface area contributed by atoms with Crippen molar-refractivity contribution in [3.63, 3.8) is 0 Å². The zero-order chi connectivity index (χ0) is 18.6. The summed E-state index contributed by atoms with van der Waals surface area (Å²) < 4.78 is 4.98. The summed E-state index contributed by atoms with van der Waals surface area (Å²) in [5.41, 5.74) is 2.16. The molecular weight excluding hydrogens is 344 g/mol. The number of hydrogen-bond donors (Lipinski definition) is 1. The maximum absolute atomic E-state index is 12.4. The number of carbonyl (C=O) groups is 1. The molecule has 1 saturated heterocycles. The summed E-state index contributed by atoms with van der Waals surface area (Å²) in [4.78, 5) is 17.6. The van der Waals surface area contributed by atoms with Crippen LogP contribution in [0.4, 0.5) is 0 Å². The van der Waals surface area contributed by atoms with Gasteiger partial charge in [0.05, 0.1) is 14.2 Å². The van der Waals surface area contributed by atoms with Gasteiger partial charge in [0.2, 0.25) is 0 Å². The van der Waals surface area contributed by atoms with E-state index >= 15 is 0 Å². The van der Waals surface area contributed by atoms with E-state index in [1.54, 1.807) is 12.2 Å². The molecule has 0 aromatic heterocycles. The Balaban J connectivity index is 2.12. The fourth-order valence-corrected chi connectivity index (χ4v) is 3.56. The van der Waals surface area contributed by atoms with Crippen molar-refractivity contribution in [1.82, 2.24) is 10.1 Å². The van der Waals surface area contributed by atoms with E-state index in [1.807, 2.05) is 26.0 Å². The summed E-state index contributed by atoms with van der Waals surface area (Å²) in [6, 6.07) is 3.96. The van der Waals surface area contributed by atoms with E-state index in [2.05, 4.69) is 0 Å². The van der Waals surface area contributed by atoms with Crippen LogP contribution < -0.4 is 0 Å². The van der Waals surface area contributed by atoms with Crippen molar-refractivity contribution >= 4 is 17.6 Å². The summed E-state index contributed by atoms with van der Waals surface area (Å²) in [6.07, 6.45) is 1.51. The lowest BCUT2D eigenvalue weighted by Crippen LogP contribution is -2.59. The number of methoxy groups -OCH3 is 1. The Morgan fingerprint density at radius 2 is 1.92 bits per heavy atom. The maximum atomic E-state index is 12.4. The van der Waals surface area contributed by atoms with E-state index in [1.165, 1.54) is 7.11 Å². The minimum absolute atomic E-state index is 0.337. The van der Waals surface area contributed by atoms with Crippen molar-refractivity contribution in [2.24, 2.45) is 0 Å². The number of nitrogens with zero attached hydrogens (tertiary/aromatic N) is 2. The Kier molecular flexibility index (Phi) is 6.82. The number of halogens is 1. The molecule has 1 aliphatic rings. The average Bonchev–Trinajstić information content (AvgIpc) is 2.62. The number of carbonyl (C=O) groups excluding carboxylic acids is 1. The Bertz CT molecular complexity index is 615. The standard InChI is InChI=1S/C18H27ClN2O4/c1-13-12-16(19)14(2)11-15(13)5-8-21(23)18(17(22)24-3)6-9-20(25-4)10-7-18/h11-12,23H,5-10H2,1-4H3. The Morgan fingerprint density at radius 3 is 2.48 bits per heavy atom. The van der Waals surface area contributed by atoms with Crippen LogP contribution in [0.2, 0.25) is 5.02 Å². The van der Waals surface area contributed by atoms with Crippen LogP contribution in [0.3, 0.4) is 0 Å². The van der Waals surface area contributed by atoms with Crippen LogP contribution in [0.5, 0.6) is 0 Å². The monoisotopic (exact) mass is 370 g/mol. The van der Waals surface area contributed by atoms with Gasteiger partial charge in [-0.3, -0.25) is 0 Å². The number of hydrogen-bond acceptors (Lipinski definition) is 6. The summed E-state index contributed by atoms with van der Waals surface area (Å²) >= 11 is 6.14. The molecule has 1 heterocycles. The largest absolute Gasteiger partial charge is 0.468 e. The Hall–Kier alpha value is -1.18. The van der Waals surface area contributed by atoms with E-state index in [9.17, 15) is 10.0 Å². The molecule has 0 amide bonds. The van der Waals surface area contributed by atoms with Crippen molar-refractivity contribution in [1.29, 1.82) is 0 Å². The first-order valence-corrected chi connectivity index (χ1v) is 8.81. The molecule has 0 bridgehead atoms. The molecule has 25 heavy (non-hydrogen) atoms. The van der Waals surface area contributed by atoms with Gasteiger partial charge in [-0.1, -0.05) is 17.7 Å². The lowest BCUT2D eigenvalue weighted by atomic mass is 9.87. The molecule has 7 heteroatoms. The predicted molar refractivity (Wildman–Crippen MR) is 95.7 cm³/mol. The molecule has 1 aromatic carbocycles. The molecule has 0 aliphatic carbocycles. The van der Waals surface area contributed by atoms with Crippen LogP contribution >= 0.6 is 11.6 Å². The number of piperidine rings is 1. The number of rotatable bonds is 6. The van der Waals surface area contributed by atoms with E-state index in [0.717, 1.165) is 26.8 Å². The van der Waals surface area contributed by atoms with Crippen LogP contribution in [-0.4, -0.2) is 60.7 Å². The zero-order valence-corrected chi connectivity index (χ0v) is 16.1. The molecule has 1 aromatic rings. The fourth-order valence-electron chi connectivity index (χ4n) is 3.35. The highest BCUT2D eigenvalue weighted by molar-refractivity contribution is 6.31. The molecule has 0 spiro atoms. The Morgan fingerprint density at radius 1 is 1.28 bits per heavy atom. The second-order valence-electron chi connectivity index (χ2n) is 6.54. The predicted octanol–water partition coefficient (Wildman–Crippen LogP) is 2.76. The highest BCUT2D eigenvalue weighted by Gasteiger charge is 2.47. The molecule has 0 unspecified atom stereocenters. The first-order chi connectivity index (χ1) is 11.8. The topological polar surface area (TPSA) is 62.2 Å². The highest BCUT2D eigenvalue weighted by atomic mass is 35.5. The van der Waals surface area contributed by atoms with Gasteiger partial charge in [0.25, 0.3) is 0 Å². The minimum atomic E-state index is -1.03. The van der Waals surface area contributed by atoms with Crippen molar-refractivity contribution in [2.75, 3.05) is 33.9 Å². The zero-order valence-electron chi connectivity index (χ0n) is 15.3. The number of esters is 1. The first-order valence-electron chi connectivity index (χ1n) is 8.43. The van der Waals surface area contributed by atoms with Crippen LogP contribution in [0, 0.1) is 13.8 Å². The van der Waals surface area contributed by atoms with Gasteiger partial charge in [0.1, 0.15) is 5.54 Å². The van der Waals surface area contributed by atoms with Gasteiger partial charge in [-0.15, -0.1) is 0 Å². The molecule has 0 radical (unpaired) electrons. The van der Waals surface area contributed by atoms with Crippen LogP contribution in [-0.2, 0) is 20.8 Å². The lowest BCUT2D eigenvalue weighted by molar-refractivity contribution is -0.229. The molecule has 0 atom stereocenters. The van der Waals surface area contributed by atoms with Gasteiger partial charge in [-0.25, -0.2) is 4.79 Å². The molecule has 2 rings (SSSR count). The van der Waals surface area contributed by atoms with Crippen molar-refractivity contribution in [3.05, 3.63) is 33.8 Å². The second-order valence-corrected chi connectivity index (χ2v) is 6.94. The summed E-state index contributed by atoms with van der Waals surface area (Å²) in [7, 11) is 2.96. The molecule has 1 aliphatic heterocycles. The van der Waals surface area contributed by atoms with Crippen molar-refractivity contribution < 1.29 is 19.6 Å². The number of ether oxygens (including phenoxy) is 1. The smallest absolute Gasteiger partial charge is 0.328 e. The van der Waals surface area contributed by atoms with E-state index < -0.39 is 11.5 Å². The van der Waals surface area contributed by atoms with Gasteiger partial charge in [0.15, 0.2) is 0 Å². The van der Waals surface area contributed by atoms with Crippen LogP contribution in [0.15, 0.2) is 12.1 Å².